The third kappa shape index (κ3) is 3.20. The molecule has 1 fully saturated rings. The van der Waals surface area contributed by atoms with Gasteiger partial charge in [0.25, 0.3) is 0 Å². The van der Waals surface area contributed by atoms with Gasteiger partial charge in [-0.15, -0.1) is 0 Å². The summed E-state index contributed by atoms with van der Waals surface area (Å²) in [5.41, 5.74) is 0.358. The van der Waals surface area contributed by atoms with Gasteiger partial charge in [-0.05, 0) is 13.0 Å². The van der Waals surface area contributed by atoms with Gasteiger partial charge in [-0.2, -0.15) is 0 Å². The minimum atomic E-state index is -0.963. The number of phenolic OH excluding ortho intramolecular Hbond substituents is 1. The Hall–Kier alpha value is -1.79. The molecule has 0 saturated carbocycles. The molecule has 1 aromatic rings. The van der Waals surface area contributed by atoms with Crippen LogP contribution in [0.5, 0.6) is 11.5 Å². The Kier molecular flexibility index (Phi) is 4.15. The van der Waals surface area contributed by atoms with Crippen molar-refractivity contribution in [3.8, 4) is 11.5 Å². The van der Waals surface area contributed by atoms with Crippen LogP contribution >= 0.6 is 0 Å². The minimum absolute atomic E-state index is 0.148. The van der Waals surface area contributed by atoms with Crippen molar-refractivity contribution in [2.24, 2.45) is 0 Å². The maximum atomic E-state index is 10.5. The van der Waals surface area contributed by atoms with E-state index >= 15 is 0 Å². The summed E-state index contributed by atoms with van der Waals surface area (Å²) in [6.45, 7) is 3.45. The van der Waals surface area contributed by atoms with E-state index in [4.69, 9.17) is 14.6 Å². The Morgan fingerprint density at radius 3 is 2.75 bits per heavy atom. The van der Waals surface area contributed by atoms with Crippen LogP contribution in [-0.4, -0.2) is 53.5 Å². The number of carboxylic acids is 1. The van der Waals surface area contributed by atoms with E-state index in [1.54, 1.807) is 6.07 Å². The lowest BCUT2D eigenvalue weighted by Crippen LogP contribution is -2.61. The predicted molar refractivity (Wildman–Crippen MR) is 71.9 cm³/mol. The second-order valence-electron chi connectivity index (χ2n) is 5.25. The number of aliphatic carboxylic acids is 1. The highest BCUT2D eigenvalue weighted by Gasteiger charge is 2.40. The number of nitrogens with zero attached hydrogens (tertiary/aromatic N) is 1. The smallest absolute Gasteiger partial charge is 0.329 e. The van der Waals surface area contributed by atoms with Gasteiger partial charge in [-0.25, -0.2) is 4.79 Å². The van der Waals surface area contributed by atoms with Crippen molar-refractivity contribution in [2.75, 3.05) is 26.8 Å². The number of likely N-dealkylation sites (tertiary alicyclic amines) is 1. The summed E-state index contributed by atoms with van der Waals surface area (Å²) in [5, 5.41) is 18.6. The second-order valence-corrected chi connectivity index (χ2v) is 5.25. The molecule has 20 heavy (non-hydrogen) atoms. The van der Waals surface area contributed by atoms with Gasteiger partial charge in [0.15, 0.2) is 11.5 Å². The average Bonchev–Trinajstić information content (AvgIpc) is 2.37. The highest BCUT2D eigenvalue weighted by atomic mass is 16.5. The first-order valence-corrected chi connectivity index (χ1v) is 6.36. The Morgan fingerprint density at radius 1 is 1.45 bits per heavy atom. The van der Waals surface area contributed by atoms with E-state index in [2.05, 4.69) is 4.90 Å². The number of aromatic hydroxyl groups is 1. The summed E-state index contributed by atoms with van der Waals surface area (Å²) >= 11 is 0. The number of carboxylic acid groups (broad SMARTS) is 1. The molecule has 0 aliphatic carbocycles. The number of hydrogen-bond acceptors (Lipinski definition) is 5. The van der Waals surface area contributed by atoms with E-state index in [9.17, 15) is 9.90 Å². The first kappa shape index (κ1) is 14.6. The van der Waals surface area contributed by atoms with Crippen molar-refractivity contribution < 1.29 is 24.5 Å². The molecule has 0 bridgehead atoms. The number of hydrogen-bond donors (Lipinski definition) is 2. The molecule has 1 aliphatic rings. The van der Waals surface area contributed by atoms with Crippen LogP contribution in [0.25, 0.3) is 0 Å². The Labute approximate surface area is 117 Å². The largest absolute Gasteiger partial charge is 0.504 e. The molecular weight excluding hydrogens is 262 g/mol. The molecule has 1 saturated heterocycles. The zero-order valence-electron chi connectivity index (χ0n) is 11.6. The summed E-state index contributed by atoms with van der Waals surface area (Å²) in [6, 6.07) is 5.37. The van der Waals surface area contributed by atoms with Crippen LogP contribution in [0.4, 0.5) is 0 Å². The molecule has 0 spiro atoms. The average molecular weight is 281 g/mol. The van der Waals surface area contributed by atoms with Crippen molar-refractivity contribution in [1.82, 2.24) is 4.90 Å². The van der Waals surface area contributed by atoms with E-state index < -0.39 is 11.6 Å². The Balaban J connectivity index is 1.90. The van der Waals surface area contributed by atoms with Crippen molar-refractivity contribution in [2.45, 2.75) is 19.1 Å². The molecule has 2 rings (SSSR count). The molecule has 2 N–H and O–H groups in total. The molecule has 1 aromatic carbocycles. The molecule has 1 aliphatic heterocycles. The van der Waals surface area contributed by atoms with Crippen LogP contribution in [0.2, 0.25) is 0 Å². The third-order valence-corrected chi connectivity index (χ3v) is 3.36. The van der Waals surface area contributed by atoms with E-state index in [-0.39, 0.29) is 12.4 Å². The number of carbonyl (C=O) groups is 1. The van der Waals surface area contributed by atoms with Gasteiger partial charge >= 0.3 is 5.97 Å². The Morgan fingerprint density at radius 2 is 2.15 bits per heavy atom. The predicted octanol–water partition coefficient (Wildman–Crippen LogP) is 1.08. The zero-order valence-corrected chi connectivity index (χ0v) is 11.6. The number of benzene rings is 1. The number of ether oxygens (including phenoxy) is 2. The van der Waals surface area contributed by atoms with Crippen LogP contribution in [0.3, 0.4) is 0 Å². The maximum absolute atomic E-state index is 10.5. The van der Waals surface area contributed by atoms with Crippen molar-refractivity contribution in [1.29, 1.82) is 0 Å². The fraction of sp³-hybridized carbons (Fsp3) is 0.500. The zero-order chi connectivity index (χ0) is 14.8. The maximum Gasteiger partial charge on any atom is 0.329 e. The molecule has 0 amide bonds. The third-order valence-electron chi connectivity index (χ3n) is 3.36. The molecule has 0 atom stereocenters. The monoisotopic (exact) mass is 281 g/mol. The van der Waals surface area contributed by atoms with Crippen molar-refractivity contribution >= 4 is 5.97 Å². The van der Waals surface area contributed by atoms with Gasteiger partial charge in [-0.3, -0.25) is 4.90 Å². The first-order valence-electron chi connectivity index (χ1n) is 6.36. The van der Waals surface area contributed by atoms with Gasteiger partial charge in [0.2, 0.25) is 0 Å². The van der Waals surface area contributed by atoms with Gasteiger partial charge in [-0.1, -0.05) is 12.1 Å². The molecule has 1 heterocycles. The van der Waals surface area contributed by atoms with Crippen LogP contribution in [0.1, 0.15) is 12.5 Å². The van der Waals surface area contributed by atoms with E-state index in [1.807, 2.05) is 19.1 Å². The number of para-hydroxylation sites is 1. The summed E-state index contributed by atoms with van der Waals surface area (Å²) in [4.78, 5) is 12.6. The standard InChI is InChI=1S/C14H19NO5/c1-14(20-7-12(16)17)8-15(9-14)6-10-4-3-5-11(19-2)13(10)18/h3-5,18H,6-9H2,1-2H3,(H,16,17). The lowest BCUT2D eigenvalue weighted by Gasteiger charge is -2.47. The van der Waals surface area contributed by atoms with E-state index in [0.717, 1.165) is 5.56 Å². The van der Waals surface area contributed by atoms with Crippen molar-refractivity contribution in [3.05, 3.63) is 23.8 Å². The minimum Gasteiger partial charge on any atom is -0.504 e. The second kappa shape index (κ2) is 5.68. The van der Waals surface area contributed by atoms with Gasteiger partial charge in [0, 0.05) is 25.2 Å². The van der Waals surface area contributed by atoms with E-state index in [1.165, 1.54) is 7.11 Å². The summed E-state index contributed by atoms with van der Waals surface area (Å²) in [5.74, 6) is -0.363. The molecule has 6 heteroatoms. The summed E-state index contributed by atoms with van der Waals surface area (Å²) < 4.78 is 10.4. The fourth-order valence-electron chi connectivity index (χ4n) is 2.44. The topological polar surface area (TPSA) is 79.2 Å². The summed E-state index contributed by atoms with van der Waals surface area (Å²) in [7, 11) is 1.51. The highest BCUT2D eigenvalue weighted by molar-refractivity contribution is 5.68. The molecule has 6 nitrogen and oxygen atoms in total. The molecule has 0 unspecified atom stereocenters. The van der Waals surface area contributed by atoms with Crippen LogP contribution < -0.4 is 4.74 Å². The molecule has 0 radical (unpaired) electrons. The summed E-state index contributed by atoms with van der Waals surface area (Å²) in [6.07, 6.45) is 0. The fourth-order valence-corrected chi connectivity index (χ4v) is 2.44. The molecule has 110 valence electrons. The number of methoxy groups -OCH3 is 1. The van der Waals surface area contributed by atoms with E-state index in [0.29, 0.717) is 25.4 Å². The first-order chi connectivity index (χ1) is 9.43. The lowest BCUT2D eigenvalue weighted by atomic mass is 9.95. The normalized spacial score (nSPS) is 17.5. The number of phenols is 1. The SMILES string of the molecule is COc1cccc(CN2CC(C)(OCC(=O)O)C2)c1O. The highest BCUT2D eigenvalue weighted by Crippen LogP contribution is 2.33. The Bertz CT molecular complexity index is 496. The van der Waals surface area contributed by atoms with Gasteiger partial charge in [0.05, 0.1) is 12.7 Å². The van der Waals surface area contributed by atoms with Crippen LogP contribution in [0.15, 0.2) is 18.2 Å². The molecular formula is C14H19NO5. The van der Waals surface area contributed by atoms with Crippen LogP contribution in [-0.2, 0) is 16.1 Å². The van der Waals surface area contributed by atoms with Gasteiger partial charge in [0.1, 0.15) is 6.61 Å². The van der Waals surface area contributed by atoms with Gasteiger partial charge < -0.3 is 19.7 Å². The molecule has 0 aromatic heterocycles. The van der Waals surface area contributed by atoms with Crippen molar-refractivity contribution in [3.63, 3.8) is 0 Å². The lowest BCUT2D eigenvalue weighted by molar-refractivity contribution is -0.165. The van der Waals surface area contributed by atoms with Crippen LogP contribution in [0, 0.1) is 0 Å². The quantitative estimate of drug-likeness (QED) is 0.812. The number of rotatable bonds is 6.